The van der Waals surface area contributed by atoms with Gasteiger partial charge in [-0.25, -0.2) is 13.1 Å². The van der Waals surface area contributed by atoms with Gasteiger partial charge in [-0.15, -0.1) is 0 Å². The Kier molecular flexibility index (Phi) is 5.17. The van der Waals surface area contributed by atoms with E-state index in [4.69, 9.17) is 10.2 Å². The van der Waals surface area contributed by atoms with Gasteiger partial charge in [-0.1, -0.05) is 30.3 Å². The molecule has 5 nitrogen and oxygen atoms in total. The molecule has 6 heteroatoms. The smallest absolute Gasteiger partial charge is 0.274 e. The van der Waals surface area contributed by atoms with Gasteiger partial charge in [0.25, 0.3) is 10.0 Å². The van der Waals surface area contributed by atoms with E-state index in [1.807, 2.05) is 37.3 Å². The molecule has 0 saturated heterocycles. The Balaban J connectivity index is 1.93. The third-order valence-corrected chi connectivity index (χ3v) is 4.63. The number of nitrogens with two attached hydrogens (primary N) is 1. The van der Waals surface area contributed by atoms with Gasteiger partial charge in [-0.3, -0.25) is 0 Å². The molecular formula is C15H20N2O3S. The Morgan fingerprint density at radius 1 is 1.19 bits per heavy atom. The van der Waals surface area contributed by atoms with E-state index in [0.717, 1.165) is 6.42 Å². The molecule has 0 saturated carbocycles. The standard InChI is InChI=1S/C15H20N2O3S/c1-12(7-8-13-5-3-2-4-6-13)17-21(18,19)15-10-9-14(11-16)20-15/h2-6,9-10,12,17H,7-8,11,16H2,1H3. The van der Waals surface area contributed by atoms with Crippen molar-refractivity contribution in [2.75, 3.05) is 0 Å². The lowest BCUT2D eigenvalue weighted by Crippen LogP contribution is -2.32. The molecule has 0 bridgehead atoms. The van der Waals surface area contributed by atoms with E-state index < -0.39 is 10.0 Å². The highest BCUT2D eigenvalue weighted by atomic mass is 32.2. The average molecular weight is 308 g/mol. The second kappa shape index (κ2) is 6.89. The molecule has 0 radical (unpaired) electrons. The molecular weight excluding hydrogens is 288 g/mol. The van der Waals surface area contributed by atoms with Crippen molar-refractivity contribution in [3.8, 4) is 0 Å². The second-order valence-electron chi connectivity index (χ2n) is 4.97. The molecule has 0 aliphatic rings. The normalized spacial score (nSPS) is 13.2. The minimum Gasteiger partial charge on any atom is -0.447 e. The molecule has 0 aliphatic carbocycles. The Labute approximate surface area is 125 Å². The van der Waals surface area contributed by atoms with Crippen LogP contribution in [0.25, 0.3) is 0 Å². The molecule has 21 heavy (non-hydrogen) atoms. The lowest BCUT2D eigenvalue weighted by atomic mass is 10.1. The Morgan fingerprint density at radius 2 is 1.90 bits per heavy atom. The Morgan fingerprint density at radius 3 is 2.52 bits per heavy atom. The highest BCUT2D eigenvalue weighted by Gasteiger charge is 2.20. The molecule has 2 rings (SSSR count). The summed E-state index contributed by atoms with van der Waals surface area (Å²) >= 11 is 0. The summed E-state index contributed by atoms with van der Waals surface area (Å²) in [5.74, 6) is 0.451. The van der Waals surface area contributed by atoms with Crippen LogP contribution in [0.5, 0.6) is 0 Å². The maximum absolute atomic E-state index is 12.1. The zero-order chi connectivity index (χ0) is 15.3. The Hall–Kier alpha value is -1.63. The predicted octanol–water partition coefficient (Wildman–Crippen LogP) is 2.04. The zero-order valence-corrected chi connectivity index (χ0v) is 12.8. The fourth-order valence-electron chi connectivity index (χ4n) is 2.02. The van der Waals surface area contributed by atoms with Crippen molar-refractivity contribution in [1.82, 2.24) is 4.72 Å². The summed E-state index contributed by atoms with van der Waals surface area (Å²) in [5, 5.41) is -0.0884. The van der Waals surface area contributed by atoms with Crippen molar-refractivity contribution in [2.24, 2.45) is 5.73 Å². The van der Waals surface area contributed by atoms with Gasteiger partial charge in [0.2, 0.25) is 5.09 Å². The van der Waals surface area contributed by atoms with Crippen LogP contribution in [0.1, 0.15) is 24.7 Å². The second-order valence-corrected chi connectivity index (χ2v) is 6.62. The zero-order valence-electron chi connectivity index (χ0n) is 12.0. The lowest BCUT2D eigenvalue weighted by Gasteiger charge is -2.12. The lowest BCUT2D eigenvalue weighted by molar-refractivity contribution is 0.410. The summed E-state index contributed by atoms with van der Waals surface area (Å²) in [7, 11) is -3.63. The van der Waals surface area contributed by atoms with Gasteiger partial charge >= 0.3 is 0 Å². The van der Waals surface area contributed by atoms with Crippen molar-refractivity contribution in [3.05, 3.63) is 53.8 Å². The summed E-state index contributed by atoms with van der Waals surface area (Å²) in [6.07, 6.45) is 1.53. The van der Waals surface area contributed by atoms with Crippen molar-refractivity contribution in [1.29, 1.82) is 0 Å². The van der Waals surface area contributed by atoms with Gasteiger partial charge < -0.3 is 10.2 Å². The quantitative estimate of drug-likeness (QED) is 0.819. The molecule has 0 spiro atoms. The van der Waals surface area contributed by atoms with Crippen molar-refractivity contribution >= 4 is 10.0 Å². The van der Waals surface area contributed by atoms with Crippen LogP contribution in [0, 0.1) is 0 Å². The van der Waals surface area contributed by atoms with Crippen LogP contribution >= 0.6 is 0 Å². The first-order valence-corrected chi connectivity index (χ1v) is 8.34. The third-order valence-electron chi connectivity index (χ3n) is 3.17. The first kappa shape index (κ1) is 15.8. The summed E-state index contributed by atoms with van der Waals surface area (Å²) in [4.78, 5) is 0. The molecule has 0 fully saturated rings. The predicted molar refractivity (Wildman–Crippen MR) is 81.1 cm³/mol. The monoisotopic (exact) mass is 308 g/mol. The summed E-state index contributed by atoms with van der Waals surface area (Å²) in [5.41, 5.74) is 6.60. The summed E-state index contributed by atoms with van der Waals surface area (Å²) < 4.78 is 32.1. The van der Waals surface area contributed by atoms with E-state index in [2.05, 4.69) is 4.72 Å². The largest absolute Gasteiger partial charge is 0.447 e. The maximum atomic E-state index is 12.1. The molecule has 1 unspecified atom stereocenters. The number of hydrogen-bond donors (Lipinski definition) is 2. The van der Waals surface area contributed by atoms with Crippen LogP contribution in [0.4, 0.5) is 0 Å². The number of rotatable bonds is 7. The topological polar surface area (TPSA) is 85.3 Å². The van der Waals surface area contributed by atoms with Crippen LogP contribution < -0.4 is 10.5 Å². The Bertz CT molecular complexity index is 665. The van der Waals surface area contributed by atoms with Crippen LogP contribution in [0.15, 0.2) is 52.0 Å². The molecule has 1 aromatic heterocycles. The van der Waals surface area contributed by atoms with Crippen LogP contribution in [0.3, 0.4) is 0 Å². The number of nitrogens with one attached hydrogen (secondary N) is 1. The minimum atomic E-state index is -3.63. The molecule has 0 aliphatic heterocycles. The maximum Gasteiger partial charge on any atom is 0.274 e. The highest BCUT2D eigenvalue weighted by Crippen LogP contribution is 2.14. The number of furan rings is 1. The molecule has 1 heterocycles. The van der Waals surface area contributed by atoms with Crippen molar-refractivity contribution in [2.45, 2.75) is 37.4 Å². The SMILES string of the molecule is CC(CCc1ccccc1)NS(=O)(=O)c1ccc(CN)o1. The van der Waals surface area contributed by atoms with Crippen LogP contribution in [-0.4, -0.2) is 14.5 Å². The molecule has 1 aromatic carbocycles. The van der Waals surface area contributed by atoms with Crippen molar-refractivity contribution < 1.29 is 12.8 Å². The van der Waals surface area contributed by atoms with Gasteiger partial charge in [0, 0.05) is 6.04 Å². The van der Waals surface area contributed by atoms with E-state index >= 15 is 0 Å². The fraction of sp³-hybridized carbons (Fsp3) is 0.333. The van der Waals surface area contributed by atoms with E-state index in [0.29, 0.717) is 12.2 Å². The number of hydrogen-bond acceptors (Lipinski definition) is 4. The average Bonchev–Trinajstić information content (AvgIpc) is 2.96. The van der Waals surface area contributed by atoms with E-state index in [1.165, 1.54) is 11.6 Å². The van der Waals surface area contributed by atoms with E-state index in [9.17, 15) is 8.42 Å². The third kappa shape index (κ3) is 4.42. The molecule has 1 atom stereocenters. The summed E-state index contributed by atoms with van der Waals surface area (Å²) in [6.45, 7) is 2.02. The van der Waals surface area contributed by atoms with Crippen molar-refractivity contribution in [3.63, 3.8) is 0 Å². The van der Waals surface area contributed by atoms with Crippen LogP contribution in [-0.2, 0) is 23.0 Å². The minimum absolute atomic E-state index is 0.0884. The van der Waals surface area contributed by atoms with Gasteiger partial charge in [-0.2, -0.15) is 0 Å². The van der Waals surface area contributed by atoms with Gasteiger partial charge in [-0.05, 0) is 37.5 Å². The number of sulfonamides is 1. The molecule has 2 aromatic rings. The highest BCUT2D eigenvalue weighted by molar-refractivity contribution is 7.89. The van der Waals surface area contributed by atoms with Gasteiger partial charge in [0.1, 0.15) is 5.76 Å². The van der Waals surface area contributed by atoms with Gasteiger partial charge in [0.05, 0.1) is 6.54 Å². The fourth-order valence-corrected chi connectivity index (χ4v) is 3.25. The summed E-state index contributed by atoms with van der Waals surface area (Å²) in [6, 6.07) is 12.8. The molecule has 114 valence electrons. The number of aryl methyl sites for hydroxylation is 1. The first-order valence-electron chi connectivity index (χ1n) is 6.86. The van der Waals surface area contributed by atoms with E-state index in [-0.39, 0.29) is 17.7 Å². The van der Waals surface area contributed by atoms with E-state index in [1.54, 1.807) is 6.07 Å². The number of benzene rings is 1. The first-order chi connectivity index (χ1) is 10.0. The molecule has 0 amide bonds. The van der Waals surface area contributed by atoms with Gasteiger partial charge in [0.15, 0.2) is 0 Å². The van der Waals surface area contributed by atoms with Crippen LogP contribution in [0.2, 0.25) is 0 Å². The molecule has 3 N–H and O–H groups in total.